The monoisotopic (exact) mass is 333 g/mol. The lowest BCUT2D eigenvalue weighted by molar-refractivity contribution is 0.0735. The van der Waals surface area contributed by atoms with Crippen LogP contribution in [0, 0.1) is 6.92 Å². The summed E-state index contributed by atoms with van der Waals surface area (Å²) in [6.45, 7) is 6.53. The van der Waals surface area contributed by atoms with Crippen LogP contribution in [0.1, 0.15) is 12.0 Å². The topological polar surface area (TPSA) is 54.0 Å². The lowest BCUT2D eigenvalue weighted by atomic mass is 10.2. The first-order valence-corrected chi connectivity index (χ1v) is 8.65. The Labute approximate surface area is 143 Å². The quantitative estimate of drug-likeness (QED) is 0.913. The van der Waals surface area contributed by atoms with Gasteiger partial charge in [0.05, 0.1) is 19.3 Å². The van der Waals surface area contributed by atoms with Gasteiger partial charge in [0.15, 0.2) is 0 Å². The average Bonchev–Trinajstić information content (AvgIpc) is 2.89. The van der Waals surface area contributed by atoms with Gasteiger partial charge in [-0.05, 0) is 25.0 Å². The molecular formula is C18H27N3O3. The zero-order valence-electron chi connectivity index (χ0n) is 14.5. The molecule has 2 aliphatic heterocycles. The summed E-state index contributed by atoms with van der Waals surface area (Å²) in [5, 5.41) is 3.06. The van der Waals surface area contributed by atoms with E-state index in [1.54, 1.807) is 7.11 Å². The van der Waals surface area contributed by atoms with Gasteiger partial charge in [-0.1, -0.05) is 18.2 Å². The van der Waals surface area contributed by atoms with Crippen molar-refractivity contribution in [1.82, 2.24) is 10.2 Å². The van der Waals surface area contributed by atoms with Crippen LogP contribution in [0.4, 0.5) is 10.5 Å². The van der Waals surface area contributed by atoms with Crippen molar-refractivity contribution < 1.29 is 14.3 Å². The maximum atomic E-state index is 12.6. The largest absolute Gasteiger partial charge is 0.377 e. The number of anilines is 1. The molecule has 3 rings (SSSR count). The van der Waals surface area contributed by atoms with Gasteiger partial charge in [-0.15, -0.1) is 0 Å². The molecule has 2 amide bonds. The first-order valence-electron chi connectivity index (χ1n) is 8.65. The van der Waals surface area contributed by atoms with E-state index in [2.05, 4.69) is 41.4 Å². The van der Waals surface area contributed by atoms with Gasteiger partial charge in [-0.25, -0.2) is 4.79 Å². The van der Waals surface area contributed by atoms with Gasteiger partial charge in [0.25, 0.3) is 0 Å². The Hall–Kier alpha value is -1.79. The number of amides is 2. The van der Waals surface area contributed by atoms with Gasteiger partial charge in [0.1, 0.15) is 6.10 Å². The Bertz CT molecular complexity index is 566. The summed E-state index contributed by atoms with van der Waals surface area (Å²) >= 11 is 0. The molecule has 0 radical (unpaired) electrons. The molecule has 0 unspecified atom stereocenters. The lowest BCUT2D eigenvalue weighted by Crippen LogP contribution is -2.50. The van der Waals surface area contributed by atoms with Crippen molar-refractivity contribution in [3.63, 3.8) is 0 Å². The summed E-state index contributed by atoms with van der Waals surface area (Å²) < 4.78 is 10.8. The highest BCUT2D eigenvalue weighted by Crippen LogP contribution is 2.21. The molecule has 0 spiro atoms. The molecule has 6 nitrogen and oxygen atoms in total. The molecule has 0 aliphatic carbocycles. The highest BCUT2D eigenvalue weighted by Gasteiger charge is 2.31. The van der Waals surface area contributed by atoms with Crippen LogP contribution >= 0.6 is 0 Å². The molecule has 2 heterocycles. The third-order valence-corrected chi connectivity index (χ3v) is 4.88. The molecule has 2 fully saturated rings. The van der Waals surface area contributed by atoms with Crippen LogP contribution < -0.4 is 10.2 Å². The third kappa shape index (κ3) is 3.82. The van der Waals surface area contributed by atoms with Crippen LogP contribution in [-0.2, 0) is 9.47 Å². The maximum Gasteiger partial charge on any atom is 0.317 e. The average molecular weight is 333 g/mol. The number of nitrogens with zero attached hydrogens (tertiary/aromatic N) is 2. The standard InChI is InChI=1S/C18H27N3O3/c1-14-6-3-4-7-16(14)20-8-5-9-21(11-10-20)18(22)19-15-12-24-13-17(15)23-2/h3-4,6-7,15,17H,5,8-13H2,1-2H3,(H,19,22)/t15-,17-/m0/s1. The second-order valence-electron chi connectivity index (χ2n) is 6.48. The van der Waals surface area contributed by atoms with Crippen molar-refractivity contribution in [2.45, 2.75) is 25.5 Å². The van der Waals surface area contributed by atoms with Gasteiger partial charge in [0, 0.05) is 39.0 Å². The Balaban J connectivity index is 1.57. The molecule has 24 heavy (non-hydrogen) atoms. The predicted molar refractivity (Wildman–Crippen MR) is 93.5 cm³/mol. The third-order valence-electron chi connectivity index (χ3n) is 4.88. The molecule has 2 saturated heterocycles. The fourth-order valence-electron chi connectivity index (χ4n) is 3.43. The maximum absolute atomic E-state index is 12.6. The summed E-state index contributed by atoms with van der Waals surface area (Å²) in [7, 11) is 1.66. The molecule has 0 bridgehead atoms. The molecule has 1 N–H and O–H groups in total. The van der Waals surface area contributed by atoms with Crippen LogP contribution in [-0.4, -0.2) is 69.6 Å². The smallest absolute Gasteiger partial charge is 0.317 e. The Kier molecular flexibility index (Phi) is 5.58. The first-order chi connectivity index (χ1) is 11.7. The van der Waals surface area contributed by atoms with E-state index >= 15 is 0 Å². The highest BCUT2D eigenvalue weighted by atomic mass is 16.5. The van der Waals surface area contributed by atoms with Crippen molar-refractivity contribution in [2.24, 2.45) is 0 Å². The number of carbonyl (C=O) groups is 1. The van der Waals surface area contributed by atoms with E-state index in [4.69, 9.17) is 9.47 Å². The zero-order valence-corrected chi connectivity index (χ0v) is 14.5. The van der Waals surface area contributed by atoms with E-state index in [9.17, 15) is 4.79 Å². The van der Waals surface area contributed by atoms with Gasteiger partial charge >= 0.3 is 6.03 Å². The van der Waals surface area contributed by atoms with Gasteiger partial charge in [0.2, 0.25) is 0 Å². The fourth-order valence-corrected chi connectivity index (χ4v) is 3.43. The van der Waals surface area contributed by atoms with Crippen molar-refractivity contribution in [3.8, 4) is 0 Å². The number of methoxy groups -OCH3 is 1. The molecule has 2 atom stereocenters. The molecule has 2 aliphatic rings. The lowest BCUT2D eigenvalue weighted by Gasteiger charge is -2.26. The van der Waals surface area contributed by atoms with E-state index in [0.717, 1.165) is 32.6 Å². The Morgan fingerprint density at radius 1 is 1.21 bits per heavy atom. The van der Waals surface area contributed by atoms with Crippen LogP contribution in [0.25, 0.3) is 0 Å². The number of hydrogen-bond acceptors (Lipinski definition) is 4. The minimum Gasteiger partial charge on any atom is -0.377 e. The van der Waals surface area contributed by atoms with Crippen molar-refractivity contribution in [2.75, 3.05) is 51.4 Å². The van der Waals surface area contributed by atoms with Crippen LogP contribution in [0.3, 0.4) is 0 Å². The SMILES string of the molecule is CO[C@H]1COC[C@@H]1NC(=O)N1CCCN(c2ccccc2C)CC1. The molecule has 132 valence electrons. The minimum atomic E-state index is -0.0572. The number of hydrogen-bond donors (Lipinski definition) is 1. The second kappa shape index (κ2) is 7.85. The highest BCUT2D eigenvalue weighted by molar-refractivity contribution is 5.74. The summed E-state index contributed by atoms with van der Waals surface area (Å²) in [5.74, 6) is 0. The molecule has 6 heteroatoms. The summed E-state index contributed by atoms with van der Waals surface area (Å²) in [6, 6.07) is 8.35. The van der Waals surface area contributed by atoms with Crippen molar-refractivity contribution in [3.05, 3.63) is 29.8 Å². The number of rotatable bonds is 3. The van der Waals surface area contributed by atoms with E-state index in [1.165, 1.54) is 11.3 Å². The number of nitrogens with one attached hydrogen (secondary N) is 1. The van der Waals surface area contributed by atoms with E-state index in [0.29, 0.717) is 13.2 Å². The van der Waals surface area contributed by atoms with Gasteiger partial charge in [-0.2, -0.15) is 0 Å². The number of para-hydroxylation sites is 1. The van der Waals surface area contributed by atoms with Gasteiger partial charge < -0.3 is 24.6 Å². The Morgan fingerprint density at radius 3 is 2.83 bits per heavy atom. The Morgan fingerprint density at radius 2 is 2.04 bits per heavy atom. The zero-order chi connectivity index (χ0) is 16.9. The minimum absolute atomic E-state index is 0.0146. The van der Waals surface area contributed by atoms with Crippen molar-refractivity contribution in [1.29, 1.82) is 0 Å². The number of aryl methyl sites for hydroxylation is 1. The summed E-state index contributed by atoms with van der Waals surface area (Å²) in [6.07, 6.45) is 0.917. The normalized spacial score (nSPS) is 24.8. The number of carbonyl (C=O) groups excluding carboxylic acids is 1. The van der Waals surface area contributed by atoms with E-state index < -0.39 is 0 Å². The summed E-state index contributed by atoms with van der Waals surface area (Å²) in [4.78, 5) is 16.8. The molecule has 0 aromatic heterocycles. The van der Waals surface area contributed by atoms with Gasteiger partial charge in [-0.3, -0.25) is 0 Å². The summed E-state index contributed by atoms with van der Waals surface area (Å²) in [5.41, 5.74) is 2.55. The number of benzene rings is 1. The van der Waals surface area contributed by atoms with E-state index in [1.807, 2.05) is 4.90 Å². The van der Waals surface area contributed by atoms with Crippen LogP contribution in [0.2, 0.25) is 0 Å². The molecular weight excluding hydrogens is 306 g/mol. The first kappa shape index (κ1) is 17.0. The van der Waals surface area contributed by atoms with Crippen LogP contribution in [0.15, 0.2) is 24.3 Å². The number of urea groups is 1. The van der Waals surface area contributed by atoms with Crippen LogP contribution in [0.5, 0.6) is 0 Å². The second-order valence-corrected chi connectivity index (χ2v) is 6.48. The van der Waals surface area contributed by atoms with E-state index in [-0.39, 0.29) is 18.2 Å². The van der Waals surface area contributed by atoms with Crippen molar-refractivity contribution >= 4 is 11.7 Å². The molecule has 0 saturated carbocycles. The molecule has 1 aromatic rings. The number of ether oxygens (including phenoxy) is 2. The molecule has 1 aromatic carbocycles. The predicted octanol–water partition coefficient (Wildman–Crippen LogP) is 1.63. The fraction of sp³-hybridized carbons (Fsp3) is 0.611.